The second-order valence-corrected chi connectivity index (χ2v) is 6.43. The number of nitrogens with one attached hydrogen (secondary N) is 1. The van der Waals surface area contributed by atoms with Gasteiger partial charge in [0, 0.05) is 23.2 Å². The van der Waals surface area contributed by atoms with Crippen LogP contribution in [-0.2, 0) is 0 Å². The second kappa shape index (κ2) is 8.93. The fourth-order valence-corrected chi connectivity index (χ4v) is 3.25. The predicted molar refractivity (Wildman–Crippen MR) is 101 cm³/mol. The number of alkyl halides is 1. The van der Waals surface area contributed by atoms with E-state index in [9.17, 15) is 5.26 Å². The summed E-state index contributed by atoms with van der Waals surface area (Å²) in [5.74, 6) is 0.496. The number of thioether (sulfide) groups is 1. The summed E-state index contributed by atoms with van der Waals surface area (Å²) < 4.78 is 0. The molecule has 7 heteroatoms. The van der Waals surface area contributed by atoms with E-state index >= 15 is 0 Å². The van der Waals surface area contributed by atoms with Gasteiger partial charge < -0.3 is 5.32 Å². The lowest BCUT2D eigenvalue weighted by Crippen LogP contribution is -2.10. The van der Waals surface area contributed by atoms with Crippen LogP contribution in [0, 0.1) is 18.3 Å². The van der Waals surface area contributed by atoms with Crippen molar-refractivity contribution in [2.75, 3.05) is 5.88 Å². The summed E-state index contributed by atoms with van der Waals surface area (Å²) in [6.45, 7) is 3.84. The van der Waals surface area contributed by atoms with E-state index in [0.29, 0.717) is 17.1 Å². The number of nitriles is 1. The molecule has 2 heterocycles. The molecule has 0 radical (unpaired) electrons. The van der Waals surface area contributed by atoms with Crippen molar-refractivity contribution in [3.8, 4) is 6.07 Å². The number of hydrogen-bond donors (Lipinski definition) is 1. The highest BCUT2D eigenvalue weighted by molar-refractivity contribution is 8.06. The Morgan fingerprint density at radius 2 is 2.25 bits per heavy atom. The maximum Gasteiger partial charge on any atom is 0.222 e. The molecule has 0 bridgehead atoms. The standard InChI is InChI=1S/C17H16Cl2N4S/c1-3-12(6-4-5-7-18)14-10-24-16(22-14)13(8-20)15-11(2)9-21-17(19)23-15/h3-5,9-10,22H,6-7H2,1-2H3/b5-4-,12-3+,16-13-. The minimum atomic E-state index is 0.125. The minimum Gasteiger partial charge on any atom is -0.348 e. The van der Waals surface area contributed by atoms with Crippen molar-refractivity contribution < 1.29 is 0 Å². The molecule has 0 aromatic carbocycles. The largest absolute Gasteiger partial charge is 0.348 e. The van der Waals surface area contributed by atoms with Gasteiger partial charge in [-0.3, -0.25) is 0 Å². The average Bonchev–Trinajstić information content (AvgIpc) is 3.05. The maximum atomic E-state index is 9.58. The SMILES string of the molecule is C/C=C(\C/C=C\CCl)C1=CS/C(=C(/C#N)c2nc(Cl)ncc2C)N1. The Balaban J connectivity index is 2.28. The first kappa shape index (κ1) is 18.6. The summed E-state index contributed by atoms with van der Waals surface area (Å²) in [5.41, 5.74) is 3.91. The third-order valence-corrected chi connectivity index (χ3v) is 4.60. The van der Waals surface area contributed by atoms with Gasteiger partial charge in [0.2, 0.25) is 5.28 Å². The second-order valence-electron chi connectivity index (χ2n) is 4.90. The van der Waals surface area contributed by atoms with Crippen molar-refractivity contribution in [3.05, 3.63) is 62.7 Å². The fraction of sp³-hybridized carbons (Fsp3) is 0.235. The van der Waals surface area contributed by atoms with Crippen molar-refractivity contribution in [1.29, 1.82) is 5.26 Å². The molecule has 124 valence electrons. The Hall–Kier alpha value is -1.74. The molecule has 1 aliphatic rings. The summed E-state index contributed by atoms with van der Waals surface area (Å²) in [4.78, 5) is 8.13. The first-order chi connectivity index (χ1) is 11.6. The molecular weight excluding hydrogens is 363 g/mol. The van der Waals surface area contributed by atoms with E-state index in [1.165, 1.54) is 11.8 Å². The third kappa shape index (κ3) is 4.41. The van der Waals surface area contributed by atoms with Crippen molar-refractivity contribution in [2.45, 2.75) is 20.3 Å². The van der Waals surface area contributed by atoms with Gasteiger partial charge in [0.1, 0.15) is 11.6 Å². The first-order valence-corrected chi connectivity index (χ1v) is 9.04. The van der Waals surface area contributed by atoms with Crippen LogP contribution >= 0.6 is 35.0 Å². The Morgan fingerprint density at radius 3 is 2.92 bits per heavy atom. The topological polar surface area (TPSA) is 61.6 Å². The minimum absolute atomic E-state index is 0.125. The summed E-state index contributed by atoms with van der Waals surface area (Å²) in [6.07, 6.45) is 8.37. The third-order valence-electron chi connectivity index (χ3n) is 3.35. The number of hydrogen-bond acceptors (Lipinski definition) is 5. The highest BCUT2D eigenvalue weighted by Gasteiger charge is 2.20. The zero-order valence-corrected chi connectivity index (χ0v) is 15.6. The zero-order valence-electron chi connectivity index (χ0n) is 13.3. The molecule has 1 aliphatic heterocycles. The van der Waals surface area contributed by atoms with Crippen molar-refractivity contribution in [3.63, 3.8) is 0 Å². The Kier molecular flexibility index (Phi) is 6.92. The first-order valence-electron chi connectivity index (χ1n) is 7.25. The van der Waals surface area contributed by atoms with Crippen LogP contribution in [0.3, 0.4) is 0 Å². The van der Waals surface area contributed by atoms with Crippen LogP contribution in [0.2, 0.25) is 5.28 Å². The van der Waals surface area contributed by atoms with Gasteiger partial charge in [0.25, 0.3) is 0 Å². The maximum absolute atomic E-state index is 9.58. The van der Waals surface area contributed by atoms with Crippen molar-refractivity contribution in [2.24, 2.45) is 0 Å². The molecule has 24 heavy (non-hydrogen) atoms. The molecule has 1 aromatic rings. The molecule has 0 unspecified atom stereocenters. The van der Waals surface area contributed by atoms with Gasteiger partial charge in [-0.05, 0) is 43.0 Å². The van der Waals surface area contributed by atoms with Gasteiger partial charge >= 0.3 is 0 Å². The zero-order chi connectivity index (χ0) is 17.5. The average molecular weight is 379 g/mol. The van der Waals surface area contributed by atoms with E-state index < -0.39 is 0 Å². The van der Waals surface area contributed by atoms with E-state index in [1.807, 2.05) is 37.5 Å². The van der Waals surface area contributed by atoms with Gasteiger partial charge in [-0.15, -0.1) is 11.6 Å². The van der Waals surface area contributed by atoms with Crippen LogP contribution in [0.5, 0.6) is 0 Å². The summed E-state index contributed by atoms with van der Waals surface area (Å²) >= 11 is 13.0. The molecule has 0 spiro atoms. The number of aromatic nitrogens is 2. The Labute approximate surface area is 156 Å². The summed E-state index contributed by atoms with van der Waals surface area (Å²) in [6, 6.07) is 2.22. The molecule has 1 aromatic heterocycles. The monoisotopic (exact) mass is 378 g/mol. The van der Waals surface area contributed by atoms with Crippen LogP contribution in [0.1, 0.15) is 24.6 Å². The molecular formula is C17H16Cl2N4S. The molecule has 2 rings (SSSR count). The smallest absolute Gasteiger partial charge is 0.222 e. The van der Waals surface area contributed by atoms with Crippen LogP contribution in [0.4, 0.5) is 0 Å². The van der Waals surface area contributed by atoms with Gasteiger partial charge in [-0.1, -0.05) is 30.0 Å². The van der Waals surface area contributed by atoms with E-state index in [0.717, 1.165) is 28.3 Å². The fourth-order valence-electron chi connectivity index (χ4n) is 2.12. The van der Waals surface area contributed by atoms with Crippen LogP contribution < -0.4 is 5.32 Å². The lowest BCUT2D eigenvalue weighted by molar-refractivity contribution is 1.03. The van der Waals surface area contributed by atoms with E-state index in [1.54, 1.807) is 6.20 Å². The number of rotatable bonds is 5. The predicted octanol–water partition coefficient (Wildman–Crippen LogP) is 4.94. The lowest BCUT2D eigenvalue weighted by Gasteiger charge is -2.10. The van der Waals surface area contributed by atoms with Crippen molar-refractivity contribution >= 4 is 40.5 Å². The molecule has 0 saturated heterocycles. The molecule has 0 amide bonds. The van der Waals surface area contributed by atoms with Crippen LogP contribution in [0.25, 0.3) is 5.57 Å². The molecule has 1 N–H and O–H groups in total. The number of allylic oxidation sites excluding steroid dienone is 5. The quantitative estimate of drug-likeness (QED) is 0.340. The number of nitrogens with zero attached hydrogens (tertiary/aromatic N) is 3. The molecule has 0 saturated carbocycles. The highest BCUT2D eigenvalue weighted by atomic mass is 35.5. The van der Waals surface area contributed by atoms with Crippen LogP contribution in [0.15, 0.2) is 46.1 Å². The Bertz CT molecular complexity index is 788. The lowest BCUT2D eigenvalue weighted by atomic mass is 10.1. The van der Waals surface area contributed by atoms with E-state index in [4.69, 9.17) is 23.2 Å². The van der Waals surface area contributed by atoms with Gasteiger partial charge in [-0.2, -0.15) is 5.26 Å². The van der Waals surface area contributed by atoms with Gasteiger partial charge in [0.05, 0.1) is 10.7 Å². The molecule has 0 aliphatic carbocycles. The van der Waals surface area contributed by atoms with Crippen molar-refractivity contribution in [1.82, 2.24) is 15.3 Å². The summed E-state index contributed by atoms with van der Waals surface area (Å²) in [7, 11) is 0. The van der Waals surface area contributed by atoms with E-state index in [2.05, 4.69) is 21.4 Å². The van der Waals surface area contributed by atoms with E-state index in [-0.39, 0.29) is 5.28 Å². The highest BCUT2D eigenvalue weighted by Crippen LogP contribution is 2.34. The normalized spacial score (nSPS) is 16.8. The molecule has 0 fully saturated rings. The summed E-state index contributed by atoms with van der Waals surface area (Å²) in [5, 5.41) is 15.8. The number of aryl methyl sites for hydroxylation is 1. The molecule has 0 atom stereocenters. The van der Waals surface area contributed by atoms with Crippen LogP contribution in [-0.4, -0.2) is 15.8 Å². The van der Waals surface area contributed by atoms with Gasteiger partial charge in [0.15, 0.2) is 0 Å². The van der Waals surface area contributed by atoms with Gasteiger partial charge in [-0.25, -0.2) is 9.97 Å². The Morgan fingerprint density at radius 1 is 1.46 bits per heavy atom. The molecule has 4 nitrogen and oxygen atoms in total. The number of halogens is 2.